The van der Waals surface area contributed by atoms with Gasteiger partial charge in [0.25, 0.3) is 5.91 Å². The summed E-state index contributed by atoms with van der Waals surface area (Å²) in [5.41, 5.74) is 2.53. The molecular weight excluding hydrogens is 514 g/mol. The Bertz CT molecular complexity index is 1570. The van der Waals surface area contributed by atoms with Crippen LogP contribution in [0.4, 0.5) is 0 Å². The smallest absolute Gasteiger partial charge is 0.344 e. The molecule has 1 aromatic heterocycles. The molecule has 0 bridgehead atoms. The summed E-state index contributed by atoms with van der Waals surface area (Å²) in [6.45, 7) is 1.13. The van der Waals surface area contributed by atoms with E-state index in [0.29, 0.717) is 24.7 Å². The molecule has 39 heavy (non-hydrogen) atoms. The first kappa shape index (κ1) is 25.4. The Kier molecular flexibility index (Phi) is 7.21. The van der Waals surface area contributed by atoms with Gasteiger partial charge in [0.15, 0.2) is 5.16 Å². The molecule has 4 aromatic rings. The van der Waals surface area contributed by atoms with E-state index in [1.54, 1.807) is 16.7 Å². The van der Waals surface area contributed by atoms with Gasteiger partial charge in [0.2, 0.25) is 0 Å². The van der Waals surface area contributed by atoms with Gasteiger partial charge in [-0.3, -0.25) is 9.36 Å². The number of nitrogens with zero attached hydrogens (tertiary/aromatic N) is 4. The molecule has 0 unspecified atom stereocenters. The Morgan fingerprint density at radius 3 is 2.72 bits per heavy atom. The summed E-state index contributed by atoms with van der Waals surface area (Å²) in [6.07, 6.45) is 2.47. The summed E-state index contributed by atoms with van der Waals surface area (Å²) in [4.78, 5) is 26.0. The minimum Gasteiger partial charge on any atom is -0.497 e. The molecule has 1 saturated heterocycles. The van der Waals surface area contributed by atoms with Crippen molar-refractivity contribution in [3.63, 3.8) is 0 Å². The number of aromatic nitrogens is 3. The maximum Gasteiger partial charge on any atom is 0.344 e. The molecule has 2 atom stereocenters. The van der Waals surface area contributed by atoms with Crippen LogP contribution in [0.5, 0.6) is 5.75 Å². The van der Waals surface area contributed by atoms with Crippen LogP contribution in [-0.4, -0.2) is 57.0 Å². The molecule has 0 aliphatic carbocycles. The molecular formula is C29H29N5O4S. The third kappa shape index (κ3) is 5.35. The van der Waals surface area contributed by atoms with Gasteiger partial charge in [-0.25, -0.2) is 14.9 Å². The van der Waals surface area contributed by atoms with Crippen LogP contribution >= 0.6 is 11.8 Å². The first-order valence-electron chi connectivity index (χ1n) is 13.0. The highest BCUT2D eigenvalue weighted by Gasteiger charge is 2.33. The van der Waals surface area contributed by atoms with E-state index >= 15 is 0 Å². The summed E-state index contributed by atoms with van der Waals surface area (Å²) >= 11 is 1.23. The molecule has 3 aromatic carbocycles. The van der Waals surface area contributed by atoms with Crippen LogP contribution in [0.15, 0.2) is 81.8 Å². The quantitative estimate of drug-likeness (QED) is 0.331. The minimum absolute atomic E-state index is 0.0116. The van der Waals surface area contributed by atoms with Gasteiger partial charge in [0, 0.05) is 13.0 Å². The maximum atomic E-state index is 13.6. The molecule has 1 amide bonds. The monoisotopic (exact) mass is 543 g/mol. The second-order valence-electron chi connectivity index (χ2n) is 9.69. The number of methoxy groups -OCH3 is 1. The fourth-order valence-corrected chi connectivity index (χ4v) is 5.94. The third-order valence-electron chi connectivity index (χ3n) is 7.21. The first-order valence-corrected chi connectivity index (χ1v) is 14.0. The average molecular weight is 544 g/mol. The molecule has 0 saturated carbocycles. The number of hydrazone groups is 1. The number of thioether (sulfide) groups is 1. The highest BCUT2D eigenvalue weighted by atomic mass is 32.2. The largest absolute Gasteiger partial charge is 0.497 e. The second kappa shape index (κ2) is 11.1. The third-order valence-corrected chi connectivity index (χ3v) is 8.17. The molecule has 6 rings (SSSR count). The van der Waals surface area contributed by atoms with Gasteiger partial charge in [-0.2, -0.15) is 5.10 Å². The van der Waals surface area contributed by atoms with Crippen molar-refractivity contribution in [1.82, 2.24) is 19.8 Å². The van der Waals surface area contributed by atoms with Crippen LogP contribution in [0.3, 0.4) is 0 Å². The van der Waals surface area contributed by atoms with E-state index in [4.69, 9.17) is 14.6 Å². The van der Waals surface area contributed by atoms with Gasteiger partial charge in [-0.1, -0.05) is 60.3 Å². The van der Waals surface area contributed by atoms with Crippen molar-refractivity contribution in [1.29, 1.82) is 0 Å². The normalized spacial score (nSPS) is 19.0. The zero-order chi connectivity index (χ0) is 26.8. The second-order valence-corrected chi connectivity index (χ2v) is 10.6. The zero-order valence-corrected chi connectivity index (χ0v) is 22.4. The first-order chi connectivity index (χ1) is 19.1. The lowest BCUT2D eigenvalue weighted by molar-refractivity contribution is -0.130. The molecule has 0 radical (unpaired) electrons. The lowest BCUT2D eigenvalue weighted by atomic mass is 9.97. The van der Waals surface area contributed by atoms with Crippen molar-refractivity contribution in [3.8, 4) is 5.75 Å². The van der Waals surface area contributed by atoms with E-state index in [1.807, 2.05) is 36.4 Å². The lowest BCUT2D eigenvalue weighted by Crippen LogP contribution is -2.29. The minimum atomic E-state index is -0.297. The number of H-pyrrole nitrogens is 1. The van der Waals surface area contributed by atoms with Crippen LogP contribution in [-0.2, 0) is 16.1 Å². The van der Waals surface area contributed by atoms with E-state index in [1.165, 1.54) is 11.8 Å². The SMILES string of the molecule is COc1ccc([C@H]2CC(c3ccc4ccccc4c3)=NN2C(=O)CSc2n[nH]c(=O)n2C[C@H]2CCCO2)cc1. The van der Waals surface area contributed by atoms with Gasteiger partial charge in [-0.05, 0) is 52.9 Å². The highest BCUT2D eigenvalue weighted by molar-refractivity contribution is 7.99. The topological polar surface area (TPSA) is 102 Å². The van der Waals surface area contributed by atoms with Crippen LogP contribution in [0, 0.1) is 0 Å². The van der Waals surface area contributed by atoms with Crippen molar-refractivity contribution in [3.05, 3.63) is 88.3 Å². The van der Waals surface area contributed by atoms with Gasteiger partial charge < -0.3 is 9.47 Å². The van der Waals surface area contributed by atoms with Crippen LogP contribution in [0.25, 0.3) is 10.8 Å². The summed E-state index contributed by atoms with van der Waals surface area (Å²) in [5, 5.41) is 15.8. The maximum absolute atomic E-state index is 13.6. The Labute approximate surface area is 229 Å². The van der Waals surface area contributed by atoms with E-state index < -0.39 is 0 Å². The molecule has 9 nitrogen and oxygen atoms in total. The molecule has 3 heterocycles. The van der Waals surface area contributed by atoms with E-state index in [2.05, 4.69) is 40.5 Å². The number of benzene rings is 3. The summed E-state index contributed by atoms with van der Waals surface area (Å²) in [5.74, 6) is 0.691. The number of aromatic amines is 1. The number of carbonyl (C=O) groups is 1. The van der Waals surface area contributed by atoms with Crippen molar-refractivity contribution >= 4 is 34.2 Å². The van der Waals surface area contributed by atoms with Crippen LogP contribution in [0.1, 0.15) is 36.4 Å². The number of fused-ring (bicyclic) bond motifs is 1. The molecule has 10 heteroatoms. The van der Waals surface area contributed by atoms with Gasteiger partial charge in [-0.15, -0.1) is 5.10 Å². The standard InChI is InChI=1S/C29H29N5O4S/c1-37-23-12-10-20(11-13-23)26-16-25(22-9-8-19-5-2-3-6-21(19)15-22)32-34(26)27(35)18-39-29-31-30-28(36)33(29)17-24-7-4-14-38-24/h2-3,5-6,8-13,15,24,26H,4,7,14,16-18H2,1H3,(H,30,36)/t24-,26-/m1/s1. The highest BCUT2D eigenvalue weighted by Crippen LogP contribution is 2.35. The summed E-state index contributed by atoms with van der Waals surface area (Å²) in [6, 6.07) is 22.0. The predicted octanol–water partition coefficient (Wildman–Crippen LogP) is 4.38. The lowest BCUT2D eigenvalue weighted by Gasteiger charge is -2.22. The Balaban J connectivity index is 1.25. The van der Waals surface area contributed by atoms with Crippen molar-refractivity contribution < 1.29 is 14.3 Å². The summed E-state index contributed by atoms with van der Waals surface area (Å²) < 4.78 is 12.6. The fourth-order valence-electron chi connectivity index (χ4n) is 5.13. The van der Waals surface area contributed by atoms with Crippen molar-refractivity contribution in [2.45, 2.75) is 43.1 Å². The number of hydrogen-bond donors (Lipinski definition) is 1. The summed E-state index contributed by atoms with van der Waals surface area (Å²) in [7, 11) is 1.63. The number of hydrogen-bond acceptors (Lipinski definition) is 7. The van der Waals surface area contributed by atoms with E-state index in [9.17, 15) is 9.59 Å². The van der Waals surface area contributed by atoms with Gasteiger partial charge >= 0.3 is 5.69 Å². The fraction of sp³-hybridized carbons (Fsp3) is 0.310. The van der Waals surface area contributed by atoms with Crippen LogP contribution < -0.4 is 10.4 Å². The van der Waals surface area contributed by atoms with Gasteiger partial charge in [0.05, 0.1) is 37.3 Å². The molecule has 200 valence electrons. The molecule has 1 fully saturated rings. The molecule has 2 aliphatic heterocycles. The average Bonchev–Trinajstić information content (AvgIpc) is 3.73. The molecule has 2 aliphatic rings. The van der Waals surface area contributed by atoms with Gasteiger partial charge in [0.1, 0.15) is 5.75 Å². The number of nitrogens with one attached hydrogen (secondary N) is 1. The Hall–Kier alpha value is -3.89. The Morgan fingerprint density at radius 2 is 1.95 bits per heavy atom. The number of carbonyl (C=O) groups excluding carboxylic acids is 1. The Morgan fingerprint density at radius 1 is 1.13 bits per heavy atom. The van der Waals surface area contributed by atoms with E-state index in [-0.39, 0.29) is 29.5 Å². The number of ether oxygens (including phenoxy) is 2. The number of rotatable bonds is 8. The molecule has 1 N–H and O–H groups in total. The zero-order valence-electron chi connectivity index (χ0n) is 21.6. The van der Waals surface area contributed by atoms with E-state index in [0.717, 1.165) is 46.2 Å². The van der Waals surface area contributed by atoms with Crippen LogP contribution in [0.2, 0.25) is 0 Å². The van der Waals surface area contributed by atoms with Crippen molar-refractivity contribution in [2.24, 2.45) is 5.10 Å². The van der Waals surface area contributed by atoms with Crippen molar-refractivity contribution in [2.75, 3.05) is 19.5 Å². The molecule has 0 spiro atoms. The predicted molar refractivity (Wildman–Crippen MR) is 150 cm³/mol. The number of amides is 1.